The van der Waals surface area contributed by atoms with Crippen molar-refractivity contribution >= 4 is 23.2 Å². The Balaban J connectivity index is 1.93. The maximum absolute atomic E-state index is 14.1. The van der Waals surface area contributed by atoms with E-state index in [1.165, 1.54) is 6.92 Å². The highest BCUT2D eigenvalue weighted by molar-refractivity contribution is 7.17. The van der Waals surface area contributed by atoms with E-state index in [0.717, 1.165) is 4.90 Å². The van der Waals surface area contributed by atoms with Crippen LogP contribution in [0.15, 0.2) is 18.2 Å². The molecule has 0 radical (unpaired) electrons. The van der Waals surface area contributed by atoms with Crippen LogP contribution < -0.4 is 4.74 Å². The van der Waals surface area contributed by atoms with E-state index in [9.17, 15) is 73.2 Å². The number of nitrogens with zero attached hydrogens (tertiary/aromatic N) is 3. The second-order valence-corrected chi connectivity index (χ2v) is 11.8. The van der Waals surface area contributed by atoms with Gasteiger partial charge in [-0.25, -0.2) is 13.8 Å². The van der Waals surface area contributed by atoms with Crippen LogP contribution in [0.2, 0.25) is 0 Å². The number of alkyl halides is 11. The first-order chi connectivity index (χ1) is 20.8. The first-order valence-corrected chi connectivity index (χ1v) is 13.8. The Morgan fingerprint density at radius 1 is 0.978 bits per heavy atom. The predicted molar refractivity (Wildman–Crippen MR) is 133 cm³/mol. The fourth-order valence-corrected chi connectivity index (χ4v) is 6.19. The maximum Gasteiger partial charge on any atom is 0.573 e. The van der Waals surface area contributed by atoms with Gasteiger partial charge in [0.05, 0.1) is 23.6 Å². The van der Waals surface area contributed by atoms with Gasteiger partial charge in [0.2, 0.25) is 0 Å². The Morgan fingerprint density at radius 3 is 2.02 bits per heavy atom. The Labute approximate surface area is 254 Å². The summed E-state index contributed by atoms with van der Waals surface area (Å²) in [6.07, 6.45) is -22.2. The number of carbonyl (C=O) groups excluding carboxylic acids is 2. The molecule has 0 spiro atoms. The molecule has 256 valence electrons. The third kappa shape index (κ3) is 6.86. The van der Waals surface area contributed by atoms with Crippen LogP contribution in [0.25, 0.3) is 10.4 Å². The van der Waals surface area contributed by atoms with Gasteiger partial charge in [-0.3, -0.25) is 9.59 Å². The summed E-state index contributed by atoms with van der Waals surface area (Å²) >= 11 is 0.115. The lowest BCUT2D eigenvalue weighted by atomic mass is 9.90. The quantitative estimate of drug-likeness (QED) is 0.394. The summed E-state index contributed by atoms with van der Waals surface area (Å²) in [5.74, 6) is -7.70. The number of aliphatic hydroxyl groups excluding tert-OH is 2. The number of hydrogen-bond donors (Lipinski definition) is 3. The molecule has 2 aliphatic rings. The number of likely N-dealkylation sites (tertiary alicyclic amines) is 2. The summed E-state index contributed by atoms with van der Waals surface area (Å²) < 4.78 is 153. The number of halogens is 11. The molecule has 0 aliphatic carbocycles. The summed E-state index contributed by atoms with van der Waals surface area (Å²) in [4.78, 5) is 31.1. The molecule has 2 aliphatic heterocycles. The van der Waals surface area contributed by atoms with Crippen LogP contribution >= 0.6 is 11.3 Å². The van der Waals surface area contributed by atoms with Crippen molar-refractivity contribution in [2.75, 3.05) is 19.6 Å². The van der Waals surface area contributed by atoms with Crippen molar-refractivity contribution in [3.63, 3.8) is 0 Å². The zero-order valence-electron chi connectivity index (χ0n) is 23.0. The van der Waals surface area contributed by atoms with E-state index in [0.29, 0.717) is 4.90 Å². The number of benzene rings is 1. The minimum Gasteiger partial charge on any atom is -0.405 e. The molecule has 1 aromatic carbocycles. The first kappa shape index (κ1) is 35.6. The van der Waals surface area contributed by atoms with Crippen molar-refractivity contribution in [2.24, 2.45) is 0 Å². The Bertz CT molecular complexity index is 1470. The molecule has 46 heavy (non-hydrogen) atoms. The zero-order chi connectivity index (χ0) is 34.8. The number of amides is 2. The second kappa shape index (κ2) is 11.7. The van der Waals surface area contributed by atoms with Gasteiger partial charge in [0.15, 0.2) is 5.01 Å². The molecule has 3 atom stereocenters. The molecule has 0 saturated carbocycles. The normalized spacial score (nSPS) is 22.7. The topological polar surface area (TPSA) is 123 Å². The van der Waals surface area contributed by atoms with Crippen LogP contribution in [0.5, 0.6) is 5.75 Å². The van der Waals surface area contributed by atoms with Gasteiger partial charge in [-0.15, -0.1) is 24.5 Å². The standard InChI is InChI=1S/C25H22F11N3O6S/c1-10-6-21(26,27)9-39(10)19(42)16-17(46-18(37-16)20(43)38-7-12(40)5-13(41)8-38)14-3-2-11(4-15(14)45-25(34,35)36)22(44,23(28,29)30)24(31,32)33/h2-4,10,12-13,40-41,44H,5-9H2,1H3/t10?,12-,13+. The number of aliphatic hydroxyl groups is 3. The van der Waals surface area contributed by atoms with Gasteiger partial charge >= 0.3 is 18.7 Å². The molecule has 0 bridgehead atoms. The summed E-state index contributed by atoms with van der Waals surface area (Å²) in [5.41, 5.74) is -9.86. The second-order valence-electron chi connectivity index (χ2n) is 10.8. The number of aromatic nitrogens is 1. The third-order valence-electron chi connectivity index (χ3n) is 7.19. The molecular weight excluding hydrogens is 679 g/mol. The van der Waals surface area contributed by atoms with E-state index in [-0.39, 0.29) is 43.0 Å². The van der Waals surface area contributed by atoms with Crippen molar-refractivity contribution < 1.29 is 77.9 Å². The average molecular weight is 702 g/mol. The maximum atomic E-state index is 14.1. The highest BCUT2D eigenvalue weighted by Gasteiger charge is 2.71. The van der Waals surface area contributed by atoms with Crippen molar-refractivity contribution in [3.8, 4) is 16.2 Å². The largest absolute Gasteiger partial charge is 0.573 e. The minimum atomic E-state index is -6.51. The molecule has 2 fully saturated rings. The Hall–Kier alpha value is -3.30. The number of β-amino-alcohol motifs (C(OH)–C–C–N with tert-alkyl or cyclic N) is 2. The van der Waals surface area contributed by atoms with Crippen molar-refractivity contribution in [3.05, 3.63) is 34.5 Å². The van der Waals surface area contributed by atoms with E-state index in [1.807, 2.05) is 0 Å². The monoisotopic (exact) mass is 701 g/mol. The van der Waals surface area contributed by atoms with Gasteiger partial charge in [-0.2, -0.15) is 26.3 Å². The number of carbonyl (C=O) groups is 2. The summed E-state index contributed by atoms with van der Waals surface area (Å²) in [6.45, 7) is -0.773. The Kier molecular flexibility index (Phi) is 9.07. The van der Waals surface area contributed by atoms with Gasteiger partial charge in [0, 0.05) is 43.1 Å². The zero-order valence-corrected chi connectivity index (χ0v) is 23.8. The fraction of sp³-hybridized carbons (Fsp3) is 0.560. The lowest BCUT2D eigenvalue weighted by molar-refractivity contribution is -0.376. The predicted octanol–water partition coefficient (Wildman–Crippen LogP) is 4.46. The van der Waals surface area contributed by atoms with Crippen molar-refractivity contribution in [1.29, 1.82) is 0 Å². The molecular formula is C25H22F11N3O6S. The van der Waals surface area contributed by atoms with E-state index in [2.05, 4.69) is 9.72 Å². The average Bonchev–Trinajstić information content (AvgIpc) is 3.44. The smallest absolute Gasteiger partial charge is 0.405 e. The lowest BCUT2D eigenvalue weighted by Gasteiger charge is -2.33. The molecule has 4 rings (SSSR count). The molecule has 21 heteroatoms. The van der Waals surface area contributed by atoms with Crippen LogP contribution in [-0.2, 0) is 5.60 Å². The van der Waals surface area contributed by atoms with Gasteiger partial charge in [-0.1, -0.05) is 6.07 Å². The summed E-state index contributed by atoms with van der Waals surface area (Å²) in [7, 11) is 0. The van der Waals surface area contributed by atoms with Crippen molar-refractivity contribution in [1.82, 2.24) is 14.8 Å². The van der Waals surface area contributed by atoms with Crippen LogP contribution in [0.1, 0.15) is 45.6 Å². The van der Waals surface area contributed by atoms with E-state index < -0.39 is 112 Å². The SMILES string of the molecule is CC1CC(F)(F)CN1C(=O)c1nc(C(=O)N2C[C@H](O)C[C@H](O)C2)sc1-c1ccc(C(O)(C(F)(F)F)C(F)(F)F)cc1OC(F)(F)F. The number of hydrogen-bond acceptors (Lipinski definition) is 8. The number of rotatable bonds is 5. The van der Waals surface area contributed by atoms with Crippen LogP contribution in [0.4, 0.5) is 48.3 Å². The number of piperidine rings is 1. The molecule has 1 aromatic heterocycles. The molecule has 3 N–H and O–H groups in total. The molecule has 1 unspecified atom stereocenters. The number of ether oxygens (including phenoxy) is 1. The molecule has 2 saturated heterocycles. The van der Waals surface area contributed by atoms with Gasteiger partial charge < -0.3 is 29.9 Å². The van der Waals surface area contributed by atoms with Crippen LogP contribution in [0, 0.1) is 0 Å². The van der Waals surface area contributed by atoms with E-state index in [1.54, 1.807) is 0 Å². The highest BCUT2D eigenvalue weighted by atomic mass is 32.1. The lowest BCUT2D eigenvalue weighted by Crippen LogP contribution is -2.53. The molecule has 9 nitrogen and oxygen atoms in total. The molecule has 2 aromatic rings. The Morgan fingerprint density at radius 2 is 1.54 bits per heavy atom. The fourth-order valence-electron chi connectivity index (χ4n) is 5.14. The van der Waals surface area contributed by atoms with E-state index in [4.69, 9.17) is 0 Å². The summed E-state index contributed by atoms with van der Waals surface area (Å²) in [6, 6.07) is -1.43. The van der Waals surface area contributed by atoms with Gasteiger partial charge in [0.1, 0.15) is 11.4 Å². The van der Waals surface area contributed by atoms with E-state index >= 15 is 0 Å². The molecule has 3 heterocycles. The third-order valence-corrected chi connectivity index (χ3v) is 8.26. The minimum absolute atomic E-state index is 0.0427. The molecule has 2 amide bonds. The van der Waals surface area contributed by atoms with Crippen LogP contribution in [-0.4, -0.2) is 104 Å². The van der Waals surface area contributed by atoms with Crippen LogP contribution in [0.3, 0.4) is 0 Å². The van der Waals surface area contributed by atoms with Crippen molar-refractivity contribution in [2.45, 2.75) is 68.3 Å². The van der Waals surface area contributed by atoms with Gasteiger partial charge in [0.25, 0.3) is 23.3 Å². The first-order valence-electron chi connectivity index (χ1n) is 13.0. The van der Waals surface area contributed by atoms with Gasteiger partial charge in [-0.05, 0) is 19.1 Å². The summed E-state index contributed by atoms with van der Waals surface area (Å²) in [5, 5.41) is 28.9. The highest BCUT2D eigenvalue weighted by Crippen LogP contribution is 2.52. The number of thiazole rings is 1.